The summed E-state index contributed by atoms with van der Waals surface area (Å²) in [5, 5.41) is 15.4. The van der Waals surface area contributed by atoms with E-state index in [0.29, 0.717) is 16.8 Å². The number of nitrogens with zero attached hydrogens (tertiary/aromatic N) is 1. The van der Waals surface area contributed by atoms with Crippen molar-refractivity contribution in [2.75, 3.05) is 12.4 Å². The number of nitrogens with one attached hydrogen (secondary N) is 2. The minimum Gasteiger partial charge on any atom is -0.508 e. The first kappa shape index (κ1) is 30.2. The van der Waals surface area contributed by atoms with Gasteiger partial charge in [0.25, 0.3) is 5.91 Å². The monoisotopic (exact) mass is 545 g/mol. The summed E-state index contributed by atoms with van der Waals surface area (Å²) in [5.74, 6) is -0.749. The summed E-state index contributed by atoms with van der Waals surface area (Å²) in [6.07, 6.45) is -0.618. The molecule has 40 heavy (non-hydrogen) atoms. The van der Waals surface area contributed by atoms with Gasteiger partial charge in [0, 0.05) is 19.2 Å². The van der Waals surface area contributed by atoms with Crippen molar-refractivity contribution < 1.29 is 24.2 Å². The summed E-state index contributed by atoms with van der Waals surface area (Å²) in [4.78, 5) is 42.2. The first-order valence-corrected chi connectivity index (χ1v) is 13.2. The number of ether oxygens (including phenoxy) is 1. The molecule has 3 aromatic carbocycles. The van der Waals surface area contributed by atoms with E-state index in [-0.39, 0.29) is 18.1 Å². The SMILES string of the molecule is Cc1ccccc1NC(=O)C(c1c(C)cccc1C)N(C)C(=O)C(Cc1ccc(O)cc1)NC(=O)OC(C)(C)C. The number of amides is 3. The fourth-order valence-corrected chi connectivity index (χ4v) is 4.56. The van der Waals surface area contributed by atoms with Gasteiger partial charge in [0.1, 0.15) is 23.4 Å². The van der Waals surface area contributed by atoms with Crippen LogP contribution in [0.15, 0.2) is 66.7 Å². The molecular weight excluding hydrogens is 506 g/mol. The summed E-state index contributed by atoms with van der Waals surface area (Å²) in [6.45, 7) is 10.9. The number of hydrogen-bond acceptors (Lipinski definition) is 5. The van der Waals surface area contributed by atoms with Crippen LogP contribution in [0.1, 0.15) is 54.6 Å². The van der Waals surface area contributed by atoms with Gasteiger partial charge < -0.3 is 25.4 Å². The second-order valence-corrected chi connectivity index (χ2v) is 11.0. The largest absolute Gasteiger partial charge is 0.508 e. The Balaban J connectivity index is 2.01. The van der Waals surface area contributed by atoms with Crippen LogP contribution in [-0.4, -0.2) is 46.6 Å². The van der Waals surface area contributed by atoms with Crippen LogP contribution in [0.5, 0.6) is 5.75 Å². The van der Waals surface area contributed by atoms with Gasteiger partial charge in [-0.05, 0) is 87.6 Å². The molecule has 0 aliphatic carbocycles. The highest BCUT2D eigenvalue weighted by molar-refractivity contribution is 5.99. The number of carbonyl (C=O) groups excluding carboxylic acids is 3. The van der Waals surface area contributed by atoms with Gasteiger partial charge in [0.05, 0.1) is 0 Å². The van der Waals surface area contributed by atoms with Gasteiger partial charge >= 0.3 is 6.09 Å². The number of alkyl carbamates (subject to hydrolysis) is 1. The standard InChI is InChI=1S/C32H39N3O5/c1-20-11-8-9-14-25(20)33-29(37)28(27-21(2)12-10-13-22(27)3)35(7)30(38)26(34-31(39)40-32(4,5)6)19-23-15-17-24(36)18-16-23/h8-18,26,28,36H,19H2,1-7H3,(H,33,37)(H,34,39). The maximum absolute atomic E-state index is 14.1. The van der Waals surface area contributed by atoms with E-state index in [1.165, 1.54) is 17.0 Å². The molecule has 3 amide bonds. The lowest BCUT2D eigenvalue weighted by Crippen LogP contribution is -2.52. The second kappa shape index (κ2) is 12.7. The molecule has 0 spiro atoms. The van der Waals surface area contributed by atoms with E-state index in [4.69, 9.17) is 4.74 Å². The molecule has 0 bridgehead atoms. The molecule has 8 nitrogen and oxygen atoms in total. The van der Waals surface area contributed by atoms with Gasteiger partial charge in [0.2, 0.25) is 5.91 Å². The fourth-order valence-electron chi connectivity index (χ4n) is 4.56. The lowest BCUT2D eigenvalue weighted by atomic mass is 9.93. The fraction of sp³-hybridized carbons (Fsp3) is 0.344. The van der Waals surface area contributed by atoms with Crippen LogP contribution in [0.4, 0.5) is 10.5 Å². The van der Waals surface area contributed by atoms with Crippen molar-refractivity contribution in [1.82, 2.24) is 10.2 Å². The van der Waals surface area contributed by atoms with Gasteiger partial charge in [-0.1, -0.05) is 48.5 Å². The Kier molecular flexibility index (Phi) is 9.58. The molecule has 0 saturated carbocycles. The van der Waals surface area contributed by atoms with Crippen LogP contribution in [0.2, 0.25) is 0 Å². The van der Waals surface area contributed by atoms with Gasteiger partial charge in [-0.25, -0.2) is 4.79 Å². The molecule has 0 fully saturated rings. The van der Waals surface area contributed by atoms with Crippen molar-refractivity contribution in [3.05, 3.63) is 94.5 Å². The number of likely N-dealkylation sites (N-methyl/N-ethyl adjacent to an activating group) is 1. The maximum atomic E-state index is 14.1. The molecule has 2 atom stereocenters. The van der Waals surface area contributed by atoms with Gasteiger partial charge in [-0.3, -0.25) is 9.59 Å². The Morgan fingerprint density at radius 1 is 0.875 bits per heavy atom. The summed E-state index contributed by atoms with van der Waals surface area (Å²) in [5.41, 5.74) is 3.92. The maximum Gasteiger partial charge on any atom is 0.408 e. The van der Waals surface area contributed by atoms with E-state index < -0.39 is 29.7 Å². The van der Waals surface area contributed by atoms with E-state index >= 15 is 0 Å². The van der Waals surface area contributed by atoms with E-state index in [0.717, 1.165) is 16.7 Å². The average Bonchev–Trinajstić information content (AvgIpc) is 2.86. The zero-order chi connectivity index (χ0) is 29.6. The molecule has 0 aromatic heterocycles. The number of anilines is 1. The zero-order valence-corrected chi connectivity index (χ0v) is 24.2. The minimum absolute atomic E-state index is 0.0896. The summed E-state index contributed by atoms with van der Waals surface area (Å²) >= 11 is 0. The smallest absolute Gasteiger partial charge is 0.408 e. The van der Waals surface area contributed by atoms with Crippen molar-refractivity contribution in [3.63, 3.8) is 0 Å². The van der Waals surface area contributed by atoms with E-state index in [9.17, 15) is 19.5 Å². The highest BCUT2D eigenvalue weighted by atomic mass is 16.6. The Bertz CT molecular complexity index is 1340. The van der Waals surface area contributed by atoms with Gasteiger partial charge in [-0.2, -0.15) is 0 Å². The summed E-state index contributed by atoms with van der Waals surface area (Å²) < 4.78 is 5.44. The normalized spacial score (nSPS) is 12.7. The van der Waals surface area contributed by atoms with Crippen LogP contribution < -0.4 is 10.6 Å². The van der Waals surface area contributed by atoms with E-state index in [1.807, 2.05) is 63.2 Å². The number of phenols is 1. The second-order valence-electron chi connectivity index (χ2n) is 11.0. The number of aromatic hydroxyl groups is 1. The third kappa shape index (κ3) is 7.85. The Morgan fingerprint density at radius 2 is 1.45 bits per heavy atom. The van der Waals surface area contributed by atoms with Gasteiger partial charge in [0.15, 0.2) is 0 Å². The van der Waals surface area contributed by atoms with Crippen LogP contribution >= 0.6 is 0 Å². The van der Waals surface area contributed by atoms with Crippen molar-refractivity contribution >= 4 is 23.6 Å². The van der Waals surface area contributed by atoms with E-state index in [1.54, 1.807) is 40.0 Å². The molecule has 0 aliphatic rings. The van der Waals surface area contributed by atoms with Gasteiger partial charge in [-0.15, -0.1) is 0 Å². The number of aryl methyl sites for hydroxylation is 3. The molecule has 2 unspecified atom stereocenters. The predicted octanol–water partition coefficient (Wildman–Crippen LogP) is 5.59. The number of carbonyl (C=O) groups is 3. The van der Waals surface area contributed by atoms with Crippen molar-refractivity contribution in [1.29, 1.82) is 0 Å². The third-order valence-electron chi connectivity index (χ3n) is 6.57. The number of para-hydroxylation sites is 1. The summed E-state index contributed by atoms with van der Waals surface area (Å²) in [7, 11) is 1.57. The van der Waals surface area contributed by atoms with Crippen molar-refractivity contribution in [2.24, 2.45) is 0 Å². The van der Waals surface area contributed by atoms with Crippen molar-refractivity contribution in [3.8, 4) is 5.75 Å². The predicted molar refractivity (Wildman–Crippen MR) is 156 cm³/mol. The first-order chi connectivity index (χ1) is 18.8. The molecule has 8 heteroatoms. The number of rotatable bonds is 8. The Morgan fingerprint density at radius 3 is 2.02 bits per heavy atom. The molecule has 3 N–H and O–H groups in total. The van der Waals surface area contributed by atoms with E-state index in [2.05, 4.69) is 10.6 Å². The highest BCUT2D eigenvalue weighted by Crippen LogP contribution is 2.29. The molecule has 0 radical (unpaired) electrons. The molecule has 212 valence electrons. The number of benzene rings is 3. The first-order valence-electron chi connectivity index (χ1n) is 13.2. The number of phenolic OH excluding ortho intramolecular Hbond substituents is 1. The lowest BCUT2D eigenvalue weighted by Gasteiger charge is -2.33. The lowest BCUT2D eigenvalue weighted by molar-refractivity contribution is -0.139. The highest BCUT2D eigenvalue weighted by Gasteiger charge is 2.35. The molecule has 3 aromatic rings. The molecule has 3 rings (SSSR count). The zero-order valence-electron chi connectivity index (χ0n) is 24.2. The van der Waals surface area contributed by atoms with Crippen LogP contribution in [0.25, 0.3) is 0 Å². The topological polar surface area (TPSA) is 108 Å². The quantitative estimate of drug-likeness (QED) is 0.342. The molecular formula is C32H39N3O5. The Labute approximate surface area is 236 Å². The number of hydrogen-bond donors (Lipinski definition) is 3. The minimum atomic E-state index is -1.04. The summed E-state index contributed by atoms with van der Waals surface area (Å²) in [6, 6.07) is 17.5. The average molecular weight is 546 g/mol. The molecule has 0 saturated heterocycles. The molecule has 0 aliphatic heterocycles. The van der Waals surface area contributed by atoms with Crippen LogP contribution in [0.3, 0.4) is 0 Å². The van der Waals surface area contributed by atoms with Crippen molar-refractivity contribution in [2.45, 2.75) is 65.6 Å². The Hall–Kier alpha value is -4.33. The third-order valence-corrected chi connectivity index (χ3v) is 6.57. The van der Waals surface area contributed by atoms with Crippen LogP contribution in [0, 0.1) is 20.8 Å². The molecule has 0 heterocycles. The van der Waals surface area contributed by atoms with Crippen LogP contribution in [-0.2, 0) is 20.7 Å².